The van der Waals surface area contributed by atoms with Gasteiger partial charge in [-0.15, -0.1) is 0 Å². The van der Waals surface area contributed by atoms with Gasteiger partial charge in [0.2, 0.25) is 5.88 Å². The van der Waals surface area contributed by atoms with Gasteiger partial charge in [-0.3, -0.25) is 0 Å². The monoisotopic (exact) mass is 371 g/mol. The summed E-state index contributed by atoms with van der Waals surface area (Å²) in [5, 5.41) is 3.91. The third-order valence-corrected chi connectivity index (χ3v) is 4.92. The van der Waals surface area contributed by atoms with Gasteiger partial charge < -0.3 is 14.3 Å². The van der Waals surface area contributed by atoms with E-state index in [0.29, 0.717) is 17.2 Å². The standard InChI is InChI=1S/C20H25N3O4/c1-10-11(2)13(4)18(27-19-14(5)15(6)21-9-22-19)16(12(10)3)17(23-26-8)20(24)25-7/h9H,1-8H3. The van der Waals surface area contributed by atoms with Gasteiger partial charge in [-0.2, -0.15) is 0 Å². The molecule has 27 heavy (non-hydrogen) atoms. The van der Waals surface area contributed by atoms with Crippen LogP contribution in [0.4, 0.5) is 0 Å². The molecule has 1 heterocycles. The summed E-state index contributed by atoms with van der Waals surface area (Å²) in [4.78, 5) is 25.7. The molecule has 144 valence electrons. The molecule has 0 radical (unpaired) electrons. The van der Waals surface area contributed by atoms with E-state index in [0.717, 1.165) is 33.5 Å². The van der Waals surface area contributed by atoms with Crippen molar-refractivity contribution >= 4 is 11.7 Å². The fourth-order valence-electron chi connectivity index (χ4n) is 2.78. The molecule has 0 unspecified atom stereocenters. The molecule has 0 aliphatic rings. The lowest BCUT2D eigenvalue weighted by atomic mass is 9.91. The number of ether oxygens (including phenoxy) is 2. The molecule has 0 aliphatic carbocycles. The number of carbonyl (C=O) groups is 1. The maximum Gasteiger partial charge on any atom is 0.360 e. The third kappa shape index (κ3) is 3.77. The molecular formula is C20H25N3O4. The van der Waals surface area contributed by atoms with Crippen molar-refractivity contribution in [2.75, 3.05) is 14.2 Å². The van der Waals surface area contributed by atoms with Crippen molar-refractivity contribution in [1.82, 2.24) is 9.97 Å². The molecule has 0 bridgehead atoms. The van der Waals surface area contributed by atoms with Gasteiger partial charge in [0.05, 0.1) is 12.7 Å². The Kier molecular flexibility index (Phi) is 6.15. The van der Waals surface area contributed by atoms with E-state index in [1.54, 1.807) is 0 Å². The summed E-state index contributed by atoms with van der Waals surface area (Å²) >= 11 is 0. The Labute approximate surface area is 159 Å². The van der Waals surface area contributed by atoms with Crippen LogP contribution in [0.3, 0.4) is 0 Å². The van der Waals surface area contributed by atoms with E-state index < -0.39 is 5.97 Å². The average molecular weight is 371 g/mol. The highest BCUT2D eigenvalue weighted by Crippen LogP contribution is 2.37. The number of esters is 1. The van der Waals surface area contributed by atoms with Crippen LogP contribution in [0.15, 0.2) is 11.5 Å². The van der Waals surface area contributed by atoms with Crippen molar-refractivity contribution < 1.29 is 19.1 Å². The van der Waals surface area contributed by atoms with Crippen molar-refractivity contribution in [2.45, 2.75) is 41.5 Å². The summed E-state index contributed by atoms with van der Waals surface area (Å²) in [6.45, 7) is 11.6. The number of nitrogens with zero attached hydrogens (tertiary/aromatic N) is 3. The lowest BCUT2D eigenvalue weighted by molar-refractivity contribution is -0.132. The quantitative estimate of drug-likeness (QED) is 0.453. The normalized spacial score (nSPS) is 11.3. The molecule has 0 amide bonds. The van der Waals surface area contributed by atoms with Gasteiger partial charge in [-0.25, -0.2) is 14.8 Å². The lowest BCUT2D eigenvalue weighted by Gasteiger charge is -2.21. The molecule has 0 spiro atoms. The van der Waals surface area contributed by atoms with Crippen molar-refractivity contribution in [3.05, 3.63) is 45.4 Å². The van der Waals surface area contributed by atoms with Gasteiger partial charge in [-0.1, -0.05) is 5.16 Å². The van der Waals surface area contributed by atoms with Gasteiger partial charge in [-0.05, 0) is 63.8 Å². The molecule has 0 fully saturated rings. The minimum atomic E-state index is -0.608. The molecule has 0 N–H and O–H groups in total. The predicted molar refractivity (Wildman–Crippen MR) is 103 cm³/mol. The Morgan fingerprint density at radius 2 is 1.52 bits per heavy atom. The highest BCUT2D eigenvalue weighted by Gasteiger charge is 2.27. The smallest absolute Gasteiger partial charge is 0.360 e. The van der Waals surface area contributed by atoms with Gasteiger partial charge in [0.1, 0.15) is 19.2 Å². The summed E-state index contributed by atoms with van der Waals surface area (Å²) in [5.74, 6) is 0.317. The molecule has 1 aromatic carbocycles. The second kappa shape index (κ2) is 8.16. The minimum absolute atomic E-state index is 0.0436. The second-order valence-electron chi connectivity index (χ2n) is 6.31. The Morgan fingerprint density at radius 1 is 0.889 bits per heavy atom. The molecule has 0 atom stereocenters. The van der Waals surface area contributed by atoms with Gasteiger partial charge >= 0.3 is 5.97 Å². The van der Waals surface area contributed by atoms with Gasteiger partial charge in [0.25, 0.3) is 0 Å². The molecule has 0 saturated carbocycles. The SMILES string of the molecule is CON=C(C(=O)OC)c1c(C)c(C)c(C)c(C)c1Oc1ncnc(C)c1C. The van der Waals surface area contributed by atoms with Crippen molar-refractivity contribution in [3.63, 3.8) is 0 Å². The van der Waals surface area contributed by atoms with Crippen LogP contribution in [0.25, 0.3) is 0 Å². The zero-order chi connectivity index (χ0) is 20.3. The van der Waals surface area contributed by atoms with E-state index in [2.05, 4.69) is 15.1 Å². The summed E-state index contributed by atoms with van der Waals surface area (Å²) in [6.07, 6.45) is 1.45. The number of hydrogen-bond acceptors (Lipinski definition) is 7. The van der Waals surface area contributed by atoms with Crippen LogP contribution in [0.5, 0.6) is 11.6 Å². The fraction of sp³-hybridized carbons (Fsp3) is 0.400. The fourth-order valence-corrected chi connectivity index (χ4v) is 2.78. The lowest BCUT2D eigenvalue weighted by Crippen LogP contribution is -2.21. The Balaban J connectivity index is 2.81. The number of methoxy groups -OCH3 is 1. The molecule has 1 aromatic heterocycles. The van der Waals surface area contributed by atoms with E-state index in [4.69, 9.17) is 14.3 Å². The van der Waals surface area contributed by atoms with Crippen molar-refractivity contribution in [2.24, 2.45) is 5.16 Å². The van der Waals surface area contributed by atoms with Crippen LogP contribution >= 0.6 is 0 Å². The third-order valence-electron chi connectivity index (χ3n) is 4.92. The highest BCUT2D eigenvalue weighted by atomic mass is 16.6. The summed E-state index contributed by atoms with van der Waals surface area (Å²) < 4.78 is 11.1. The van der Waals surface area contributed by atoms with Crippen LogP contribution in [-0.2, 0) is 14.4 Å². The maximum atomic E-state index is 12.4. The number of oxime groups is 1. The van der Waals surface area contributed by atoms with Crippen LogP contribution in [0.1, 0.15) is 39.1 Å². The number of aromatic nitrogens is 2. The topological polar surface area (TPSA) is 82.9 Å². The Hall–Kier alpha value is -2.96. The van der Waals surface area contributed by atoms with Crippen LogP contribution in [-0.4, -0.2) is 35.9 Å². The number of benzene rings is 1. The van der Waals surface area contributed by atoms with Crippen LogP contribution < -0.4 is 4.74 Å². The van der Waals surface area contributed by atoms with Crippen LogP contribution in [0, 0.1) is 41.5 Å². The maximum absolute atomic E-state index is 12.4. The Bertz CT molecular complexity index is 920. The number of aryl methyl sites for hydroxylation is 1. The summed E-state index contributed by atoms with van der Waals surface area (Å²) in [7, 11) is 2.68. The van der Waals surface area contributed by atoms with E-state index in [1.807, 2.05) is 41.5 Å². The molecule has 2 rings (SSSR count). The van der Waals surface area contributed by atoms with E-state index >= 15 is 0 Å². The summed E-state index contributed by atoms with van der Waals surface area (Å²) in [6, 6.07) is 0. The number of rotatable bonds is 5. The predicted octanol–water partition coefficient (Wildman–Crippen LogP) is 3.64. The van der Waals surface area contributed by atoms with E-state index in [1.165, 1.54) is 20.5 Å². The highest BCUT2D eigenvalue weighted by molar-refractivity contribution is 6.44. The van der Waals surface area contributed by atoms with Crippen molar-refractivity contribution in [3.8, 4) is 11.6 Å². The van der Waals surface area contributed by atoms with Crippen LogP contribution in [0.2, 0.25) is 0 Å². The second-order valence-corrected chi connectivity index (χ2v) is 6.31. The first-order valence-electron chi connectivity index (χ1n) is 8.50. The molecule has 0 saturated heterocycles. The van der Waals surface area contributed by atoms with Gasteiger partial charge in [0, 0.05) is 11.3 Å². The molecule has 7 heteroatoms. The van der Waals surface area contributed by atoms with Crippen molar-refractivity contribution in [1.29, 1.82) is 0 Å². The first-order valence-corrected chi connectivity index (χ1v) is 8.50. The zero-order valence-corrected chi connectivity index (χ0v) is 17.1. The minimum Gasteiger partial charge on any atom is -0.464 e. The first-order chi connectivity index (χ1) is 12.7. The Morgan fingerprint density at radius 3 is 2.11 bits per heavy atom. The molecular weight excluding hydrogens is 346 g/mol. The summed E-state index contributed by atoms with van der Waals surface area (Å²) in [5.41, 5.74) is 6.06. The number of hydrogen-bond donors (Lipinski definition) is 0. The molecule has 2 aromatic rings. The van der Waals surface area contributed by atoms with E-state index in [9.17, 15) is 4.79 Å². The first kappa shape index (κ1) is 20.4. The van der Waals surface area contributed by atoms with Gasteiger partial charge in [0.15, 0.2) is 5.71 Å². The molecule has 0 aliphatic heterocycles. The zero-order valence-electron chi connectivity index (χ0n) is 17.1. The average Bonchev–Trinajstić information content (AvgIpc) is 2.66. The largest absolute Gasteiger partial charge is 0.464 e. The van der Waals surface area contributed by atoms with E-state index in [-0.39, 0.29) is 5.71 Å². The molecule has 7 nitrogen and oxygen atoms in total. The number of carbonyl (C=O) groups excluding carboxylic acids is 1.